The molecule has 1 aromatic rings. The van der Waals surface area contributed by atoms with Gasteiger partial charge in [0.25, 0.3) is 0 Å². The van der Waals surface area contributed by atoms with Crippen LogP contribution in [-0.4, -0.2) is 14.5 Å². The molecule has 0 aliphatic rings. The van der Waals surface area contributed by atoms with Gasteiger partial charge >= 0.3 is 15.3 Å². The minimum absolute atomic E-state index is 0.290. The van der Waals surface area contributed by atoms with E-state index in [2.05, 4.69) is 0 Å². The second kappa shape index (κ2) is 4.71. The summed E-state index contributed by atoms with van der Waals surface area (Å²) >= 11 is 0. The van der Waals surface area contributed by atoms with Crippen LogP contribution in [0.15, 0.2) is 18.2 Å². The lowest BCUT2D eigenvalue weighted by atomic mass is 10.1. The Balaban J connectivity index is 2.81. The van der Waals surface area contributed by atoms with Crippen molar-refractivity contribution in [1.29, 1.82) is 0 Å². The number of carbonyl (C=O) groups is 1. The van der Waals surface area contributed by atoms with Gasteiger partial charge in [-0.1, -0.05) is 12.1 Å². The average Bonchev–Trinajstić information content (AvgIpc) is 2.08. The van der Waals surface area contributed by atoms with Crippen LogP contribution >= 0.6 is 10.7 Å². The molecule has 0 unspecified atom stereocenters. The molecule has 7 heteroatoms. The molecule has 0 fully saturated rings. The van der Waals surface area contributed by atoms with E-state index < -0.39 is 15.3 Å². The number of rotatable bonds is 2. The van der Waals surface area contributed by atoms with Crippen LogP contribution in [0, 0.1) is 13.8 Å². The van der Waals surface area contributed by atoms with E-state index in [0.29, 0.717) is 5.56 Å². The van der Waals surface area contributed by atoms with Gasteiger partial charge < -0.3 is 4.74 Å². The molecule has 1 amide bonds. The lowest BCUT2D eigenvalue weighted by molar-refractivity contribution is 0.206. The highest BCUT2D eigenvalue weighted by atomic mass is 35.7. The molecule has 0 heterocycles. The van der Waals surface area contributed by atoms with E-state index in [4.69, 9.17) is 15.4 Å². The summed E-state index contributed by atoms with van der Waals surface area (Å²) in [6.45, 7) is 3.56. The average molecular weight is 264 g/mol. The van der Waals surface area contributed by atoms with Crippen LogP contribution in [0.25, 0.3) is 0 Å². The molecular weight excluding hydrogens is 254 g/mol. The van der Waals surface area contributed by atoms with Crippen LogP contribution in [0.1, 0.15) is 11.1 Å². The second-order valence-corrected chi connectivity index (χ2v) is 5.50. The molecule has 88 valence electrons. The van der Waals surface area contributed by atoms with Gasteiger partial charge in [0, 0.05) is 10.7 Å². The van der Waals surface area contributed by atoms with Crippen LogP contribution in [0.2, 0.25) is 0 Å². The Morgan fingerprint density at radius 2 is 2.00 bits per heavy atom. The smallest absolute Gasteiger partial charge is 0.409 e. The fraction of sp³-hybridized carbons (Fsp3) is 0.222. The second-order valence-electron chi connectivity index (χ2n) is 3.20. The summed E-state index contributed by atoms with van der Waals surface area (Å²) in [7, 11) is 0.707. The Morgan fingerprint density at radius 1 is 1.38 bits per heavy atom. The third-order valence-corrected chi connectivity index (χ3v) is 2.39. The first-order valence-corrected chi connectivity index (χ1v) is 6.60. The molecule has 0 bridgehead atoms. The number of hydrogen-bond donors (Lipinski definition) is 1. The fourth-order valence-electron chi connectivity index (χ4n) is 1.04. The number of hydrogen-bond acceptors (Lipinski definition) is 4. The van der Waals surface area contributed by atoms with Gasteiger partial charge in [-0.25, -0.2) is 9.52 Å². The lowest BCUT2D eigenvalue weighted by Crippen LogP contribution is -2.29. The van der Waals surface area contributed by atoms with Crippen molar-refractivity contribution in [2.24, 2.45) is 0 Å². The minimum Gasteiger partial charge on any atom is -0.409 e. The highest BCUT2D eigenvalue weighted by Gasteiger charge is 2.13. The first-order valence-electron chi connectivity index (χ1n) is 4.29. The van der Waals surface area contributed by atoms with Crippen LogP contribution in [0.4, 0.5) is 4.79 Å². The Morgan fingerprint density at radius 3 is 2.56 bits per heavy atom. The molecule has 0 spiro atoms. The highest BCUT2D eigenvalue weighted by molar-refractivity contribution is 8.12. The van der Waals surface area contributed by atoms with Gasteiger partial charge in [-0.15, -0.1) is 0 Å². The summed E-state index contributed by atoms with van der Waals surface area (Å²) in [5.41, 5.74) is 1.61. The van der Waals surface area contributed by atoms with Crippen molar-refractivity contribution in [2.75, 3.05) is 0 Å². The molecule has 0 saturated heterocycles. The number of amides is 1. The zero-order chi connectivity index (χ0) is 12.3. The number of halogens is 1. The largest absolute Gasteiger partial charge is 0.427 e. The number of benzene rings is 1. The molecule has 0 saturated carbocycles. The van der Waals surface area contributed by atoms with Crippen molar-refractivity contribution in [3.8, 4) is 5.75 Å². The maximum atomic E-state index is 11.1. The van der Waals surface area contributed by atoms with E-state index in [9.17, 15) is 13.2 Å². The third kappa shape index (κ3) is 4.08. The summed E-state index contributed by atoms with van der Waals surface area (Å²) in [5.74, 6) is 0.290. The molecule has 1 N–H and O–H groups in total. The van der Waals surface area contributed by atoms with Gasteiger partial charge in [0.1, 0.15) is 5.75 Å². The first kappa shape index (κ1) is 12.8. The Hall–Kier alpha value is -1.27. The molecular formula is C9H10ClNO4S. The summed E-state index contributed by atoms with van der Waals surface area (Å²) in [6, 6.07) is 5.22. The monoisotopic (exact) mass is 263 g/mol. The van der Waals surface area contributed by atoms with E-state index in [1.807, 2.05) is 13.0 Å². The molecule has 1 rings (SSSR count). The summed E-state index contributed by atoms with van der Waals surface area (Å²) < 4.78 is 27.4. The van der Waals surface area contributed by atoms with Crippen molar-refractivity contribution < 1.29 is 17.9 Å². The van der Waals surface area contributed by atoms with Crippen molar-refractivity contribution in [3.63, 3.8) is 0 Å². The topological polar surface area (TPSA) is 72.5 Å². The van der Waals surface area contributed by atoms with Crippen LogP contribution in [0.5, 0.6) is 5.75 Å². The third-order valence-electron chi connectivity index (χ3n) is 1.75. The van der Waals surface area contributed by atoms with Crippen LogP contribution in [-0.2, 0) is 9.24 Å². The maximum absolute atomic E-state index is 11.1. The molecule has 0 radical (unpaired) electrons. The van der Waals surface area contributed by atoms with Gasteiger partial charge in [0.2, 0.25) is 0 Å². The number of ether oxygens (including phenoxy) is 1. The highest BCUT2D eigenvalue weighted by Crippen LogP contribution is 2.19. The van der Waals surface area contributed by atoms with E-state index in [-0.39, 0.29) is 5.75 Å². The Labute approximate surface area is 97.9 Å². The summed E-state index contributed by atoms with van der Waals surface area (Å²) in [5, 5.41) is 0. The van der Waals surface area contributed by atoms with Gasteiger partial charge in [-0.2, -0.15) is 8.42 Å². The van der Waals surface area contributed by atoms with E-state index in [1.165, 1.54) is 4.72 Å². The number of aryl methyl sites for hydroxylation is 2. The van der Waals surface area contributed by atoms with E-state index >= 15 is 0 Å². The quantitative estimate of drug-likeness (QED) is 0.827. The first-order chi connectivity index (χ1) is 7.28. The number of carbonyl (C=O) groups excluding carboxylic acids is 1. The van der Waals surface area contributed by atoms with Crippen LogP contribution < -0.4 is 9.46 Å². The van der Waals surface area contributed by atoms with Crippen molar-refractivity contribution in [3.05, 3.63) is 29.3 Å². The van der Waals surface area contributed by atoms with Crippen molar-refractivity contribution >= 4 is 26.0 Å². The normalized spacial score (nSPS) is 10.9. The van der Waals surface area contributed by atoms with Gasteiger partial charge in [-0.05, 0) is 31.0 Å². The molecule has 16 heavy (non-hydrogen) atoms. The predicted molar refractivity (Wildman–Crippen MR) is 59.8 cm³/mol. The van der Waals surface area contributed by atoms with Crippen LogP contribution in [0.3, 0.4) is 0 Å². The summed E-state index contributed by atoms with van der Waals surface area (Å²) in [6.07, 6.45) is -1.14. The van der Waals surface area contributed by atoms with Crippen molar-refractivity contribution in [1.82, 2.24) is 4.72 Å². The summed E-state index contributed by atoms with van der Waals surface area (Å²) in [4.78, 5) is 11.1. The Bertz CT molecular complexity index is 512. The zero-order valence-corrected chi connectivity index (χ0v) is 10.2. The lowest BCUT2D eigenvalue weighted by Gasteiger charge is -2.07. The molecule has 0 aliphatic carbocycles. The van der Waals surface area contributed by atoms with E-state index in [1.54, 1.807) is 19.1 Å². The standard InChI is InChI=1S/C9H10ClNO4S/c1-6-3-4-7(2)8(5-6)15-9(12)11-16(10,13)14/h3-5H,1-2H3,(H,11,12). The molecule has 0 aliphatic heterocycles. The van der Waals surface area contributed by atoms with Gasteiger partial charge in [0.15, 0.2) is 0 Å². The van der Waals surface area contributed by atoms with E-state index in [0.717, 1.165) is 5.56 Å². The molecule has 0 aromatic heterocycles. The van der Waals surface area contributed by atoms with Gasteiger partial charge in [-0.3, -0.25) is 0 Å². The molecule has 1 aromatic carbocycles. The SMILES string of the molecule is Cc1ccc(C)c(OC(=O)NS(=O)(=O)Cl)c1. The predicted octanol–water partition coefficient (Wildman–Crippen LogP) is 1.88. The minimum atomic E-state index is -4.12. The zero-order valence-electron chi connectivity index (χ0n) is 8.65. The Kier molecular flexibility index (Phi) is 3.77. The molecule has 0 atom stereocenters. The molecule has 5 nitrogen and oxygen atoms in total. The van der Waals surface area contributed by atoms with Gasteiger partial charge in [0.05, 0.1) is 0 Å². The van der Waals surface area contributed by atoms with Crippen molar-refractivity contribution in [2.45, 2.75) is 13.8 Å². The number of nitrogens with one attached hydrogen (secondary N) is 1. The fourth-order valence-corrected chi connectivity index (χ4v) is 1.47. The maximum Gasteiger partial charge on any atom is 0.427 e.